The fourth-order valence-corrected chi connectivity index (χ4v) is 4.87. The Balaban J connectivity index is 1.35. The lowest BCUT2D eigenvalue weighted by Gasteiger charge is -2.20. The summed E-state index contributed by atoms with van der Waals surface area (Å²) in [4.78, 5) is 14.7. The van der Waals surface area contributed by atoms with Gasteiger partial charge in [0.2, 0.25) is 12.7 Å². The van der Waals surface area contributed by atoms with Crippen LogP contribution in [0.3, 0.4) is 0 Å². The second-order valence-electron chi connectivity index (χ2n) is 6.94. The molecule has 2 aromatic rings. The van der Waals surface area contributed by atoms with Crippen molar-refractivity contribution >= 4 is 17.7 Å². The fourth-order valence-electron chi connectivity index (χ4n) is 3.65. The lowest BCUT2D eigenvalue weighted by molar-refractivity contribution is -0.130. The van der Waals surface area contributed by atoms with Gasteiger partial charge in [0.05, 0.1) is 5.69 Å². The van der Waals surface area contributed by atoms with E-state index < -0.39 is 0 Å². The number of fused-ring (bicyclic) bond motifs is 1. The summed E-state index contributed by atoms with van der Waals surface area (Å²) in [6, 6.07) is 6.17. The van der Waals surface area contributed by atoms with Gasteiger partial charge in [0.15, 0.2) is 11.5 Å². The van der Waals surface area contributed by atoms with Crippen LogP contribution in [0.15, 0.2) is 22.7 Å². The highest BCUT2D eigenvalue weighted by Gasteiger charge is 2.24. The molecule has 3 heterocycles. The summed E-state index contributed by atoms with van der Waals surface area (Å²) < 4.78 is 16.1. The van der Waals surface area contributed by atoms with Gasteiger partial charge in [0, 0.05) is 36.1 Å². The van der Waals surface area contributed by atoms with Crippen LogP contribution >= 0.6 is 11.8 Å². The van der Waals surface area contributed by atoms with Crippen LogP contribution < -0.4 is 9.47 Å². The number of aryl methyl sites for hydroxylation is 2. The zero-order valence-electron chi connectivity index (χ0n) is 15.7. The number of thioether (sulfide) groups is 1. The predicted molar refractivity (Wildman–Crippen MR) is 103 cm³/mol. The molecule has 1 aromatic carbocycles. The molecule has 1 amide bonds. The molecule has 0 saturated carbocycles. The Morgan fingerprint density at radius 1 is 1.26 bits per heavy atom. The molecular formula is C20H24N2O4S. The third-order valence-corrected chi connectivity index (χ3v) is 6.56. The predicted octanol–water partition coefficient (Wildman–Crippen LogP) is 3.66. The number of carbonyl (C=O) groups is 1. The normalized spacial score (nSPS) is 19.2. The molecule has 6 nitrogen and oxygen atoms in total. The summed E-state index contributed by atoms with van der Waals surface area (Å²) >= 11 is 1.91. The van der Waals surface area contributed by atoms with Crippen LogP contribution in [0.1, 0.15) is 40.7 Å². The Kier molecular flexibility index (Phi) is 5.29. The van der Waals surface area contributed by atoms with E-state index in [2.05, 4.69) is 17.3 Å². The monoisotopic (exact) mass is 388 g/mol. The number of benzene rings is 1. The van der Waals surface area contributed by atoms with Crippen LogP contribution in [0.5, 0.6) is 11.5 Å². The Bertz CT molecular complexity index is 816. The molecule has 0 bridgehead atoms. The highest BCUT2D eigenvalue weighted by atomic mass is 32.2. The summed E-state index contributed by atoms with van der Waals surface area (Å²) in [6.07, 6.45) is 2.14. The highest BCUT2D eigenvalue weighted by Crippen LogP contribution is 2.40. The highest BCUT2D eigenvalue weighted by molar-refractivity contribution is 7.99. The van der Waals surface area contributed by atoms with Gasteiger partial charge in [-0.2, -0.15) is 11.8 Å². The quantitative estimate of drug-likeness (QED) is 0.796. The van der Waals surface area contributed by atoms with Gasteiger partial charge < -0.3 is 18.9 Å². The number of hydrogen-bond donors (Lipinski definition) is 0. The molecule has 0 aliphatic carbocycles. The lowest BCUT2D eigenvalue weighted by Crippen LogP contribution is -2.33. The summed E-state index contributed by atoms with van der Waals surface area (Å²) in [7, 11) is 0. The van der Waals surface area contributed by atoms with Crippen LogP contribution in [0, 0.1) is 13.8 Å². The molecule has 4 rings (SSSR count). The van der Waals surface area contributed by atoms with Gasteiger partial charge >= 0.3 is 0 Å². The number of rotatable bonds is 4. The van der Waals surface area contributed by atoms with Gasteiger partial charge in [-0.1, -0.05) is 11.2 Å². The lowest BCUT2D eigenvalue weighted by atomic mass is 10.1. The Hall–Kier alpha value is -2.15. The van der Waals surface area contributed by atoms with E-state index in [1.54, 1.807) is 0 Å². The van der Waals surface area contributed by atoms with Crippen molar-refractivity contribution in [3.63, 3.8) is 0 Å². The van der Waals surface area contributed by atoms with E-state index in [0.717, 1.165) is 53.8 Å². The SMILES string of the molecule is Cc1noc(C)c1CCC(=O)N1CCSC(c2ccc3c(c2)OCO3)CC1. The van der Waals surface area contributed by atoms with Crippen molar-refractivity contribution in [3.05, 3.63) is 40.8 Å². The van der Waals surface area contributed by atoms with Crippen molar-refractivity contribution in [2.45, 2.75) is 38.4 Å². The first kappa shape index (κ1) is 18.2. The third-order valence-electron chi connectivity index (χ3n) is 5.23. The van der Waals surface area contributed by atoms with Crippen LogP contribution in [0.2, 0.25) is 0 Å². The van der Waals surface area contributed by atoms with Gasteiger partial charge in [0.1, 0.15) is 5.76 Å². The molecule has 2 aliphatic heterocycles. The molecule has 1 saturated heterocycles. The van der Waals surface area contributed by atoms with Gasteiger partial charge in [0.25, 0.3) is 0 Å². The van der Waals surface area contributed by atoms with E-state index in [1.165, 1.54) is 5.56 Å². The minimum Gasteiger partial charge on any atom is -0.454 e. The molecular weight excluding hydrogens is 364 g/mol. The van der Waals surface area contributed by atoms with Crippen molar-refractivity contribution in [2.75, 3.05) is 25.6 Å². The fraction of sp³-hybridized carbons (Fsp3) is 0.500. The van der Waals surface area contributed by atoms with Crippen molar-refractivity contribution < 1.29 is 18.8 Å². The summed E-state index contributed by atoms with van der Waals surface area (Å²) in [5.74, 6) is 3.60. The van der Waals surface area contributed by atoms with Gasteiger partial charge in [-0.15, -0.1) is 0 Å². The Labute approximate surface area is 163 Å². The maximum atomic E-state index is 12.7. The molecule has 27 heavy (non-hydrogen) atoms. The molecule has 144 valence electrons. The zero-order chi connectivity index (χ0) is 18.8. The van der Waals surface area contributed by atoms with Crippen LogP contribution in [0.25, 0.3) is 0 Å². The topological polar surface area (TPSA) is 64.8 Å². The average molecular weight is 388 g/mol. The molecule has 1 aromatic heterocycles. The van der Waals surface area contributed by atoms with Gasteiger partial charge in [-0.3, -0.25) is 4.79 Å². The molecule has 1 atom stereocenters. The number of nitrogens with zero attached hydrogens (tertiary/aromatic N) is 2. The van der Waals surface area contributed by atoms with E-state index in [0.29, 0.717) is 24.9 Å². The Morgan fingerprint density at radius 3 is 2.93 bits per heavy atom. The third kappa shape index (κ3) is 3.93. The first-order valence-corrected chi connectivity index (χ1v) is 10.4. The number of hydrogen-bond acceptors (Lipinski definition) is 6. The van der Waals surface area contributed by atoms with Crippen LogP contribution in [-0.4, -0.2) is 41.6 Å². The van der Waals surface area contributed by atoms with Crippen LogP contribution in [0.4, 0.5) is 0 Å². The van der Waals surface area contributed by atoms with Crippen molar-refractivity contribution in [2.24, 2.45) is 0 Å². The maximum Gasteiger partial charge on any atom is 0.231 e. The number of carbonyl (C=O) groups excluding carboxylic acids is 1. The molecule has 0 N–H and O–H groups in total. The molecule has 2 aliphatic rings. The van der Waals surface area contributed by atoms with E-state index in [1.807, 2.05) is 36.6 Å². The number of aromatic nitrogens is 1. The molecule has 0 spiro atoms. The smallest absolute Gasteiger partial charge is 0.231 e. The minimum absolute atomic E-state index is 0.210. The van der Waals surface area contributed by atoms with Gasteiger partial charge in [-0.05, 0) is 44.4 Å². The van der Waals surface area contributed by atoms with E-state index in [9.17, 15) is 4.79 Å². The summed E-state index contributed by atoms with van der Waals surface area (Å²) in [5.41, 5.74) is 3.19. The maximum absolute atomic E-state index is 12.7. The van der Waals surface area contributed by atoms with Crippen molar-refractivity contribution in [1.82, 2.24) is 10.1 Å². The summed E-state index contributed by atoms with van der Waals surface area (Å²) in [6.45, 7) is 5.70. The van der Waals surface area contributed by atoms with E-state index in [-0.39, 0.29) is 5.91 Å². The molecule has 0 radical (unpaired) electrons. The second-order valence-corrected chi connectivity index (χ2v) is 8.25. The largest absolute Gasteiger partial charge is 0.454 e. The molecule has 1 unspecified atom stereocenters. The van der Waals surface area contributed by atoms with Gasteiger partial charge in [-0.25, -0.2) is 0 Å². The van der Waals surface area contributed by atoms with Crippen molar-refractivity contribution in [1.29, 1.82) is 0 Å². The van der Waals surface area contributed by atoms with Crippen molar-refractivity contribution in [3.8, 4) is 11.5 Å². The standard InChI is InChI=1S/C20H24N2O4S/c1-13-16(14(2)26-21-13)4-6-20(23)22-8-7-19(27-10-9-22)15-3-5-17-18(11-15)25-12-24-17/h3,5,11,19H,4,6-10,12H2,1-2H3. The first-order chi connectivity index (χ1) is 13.1. The second kappa shape index (κ2) is 7.84. The summed E-state index contributed by atoms with van der Waals surface area (Å²) in [5, 5.41) is 4.34. The van der Waals surface area contributed by atoms with E-state index >= 15 is 0 Å². The van der Waals surface area contributed by atoms with E-state index in [4.69, 9.17) is 14.0 Å². The Morgan fingerprint density at radius 2 is 2.11 bits per heavy atom. The first-order valence-electron chi connectivity index (χ1n) is 9.32. The number of ether oxygens (including phenoxy) is 2. The molecule has 7 heteroatoms. The minimum atomic E-state index is 0.210. The zero-order valence-corrected chi connectivity index (χ0v) is 16.5. The van der Waals surface area contributed by atoms with Crippen LogP contribution in [-0.2, 0) is 11.2 Å². The number of amides is 1. The molecule has 1 fully saturated rings. The average Bonchev–Trinajstić information content (AvgIpc) is 3.17.